The number of rotatable bonds is 4. The molecule has 4 nitrogen and oxygen atoms in total. The zero-order valence-electron chi connectivity index (χ0n) is 10.5. The summed E-state index contributed by atoms with van der Waals surface area (Å²) in [5.74, 6) is 1.85. The van der Waals surface area contributed by atoms with E-state index in [1.165, 1.54) is 4.88 Å². The summed E-state index contributed by atoms with van der Waals surface area (Å²) in [6.45, 7) is 7.20. The van der Waals surface area contributed by atoms with Crippen molar-refractivity contribution < 1.29 is 0 Å². The predicted molar refractivity (Wildman–Crippen MR) is 72.2 cm³/mol. The summed E-state index contributed by atoms with van der Waals surface area (Å²) in [4.78, 5) is 1.29. The fraction of sp³-hybridized carbons (Fsp3) is 0.500. The van der Waals surface area contributed by atoms with Crippen LogP contribution >= 0.6 is 11.3 Å². The smallest absolute Gasteiger partial charge is 0.166 e. The number of thiophene rings is 1. The van der Waals surface area contributed by atoms with Gasteiger partial charge >= 0.3 is 0 Å². The lowest BCUT2D eigenvalue weighted by Gasteiger charge is -2.05. The lowest BCUT2D eigenvalue weighted by molar-refractivity contribution is 0.663. The summed E-state index contributed by atoms with van der Waals surface area (Å²) in [5.41, 5.74) is 7.09. The van der Waals surface area contributed by atoms with Crippen LogP contribution in [0.1, 0.15) is 31.0 Å². The van der Waals surface area contributed by atoms with Crippen molar-refractivity contribution >= 4 is 16.3 Å². The zero-order chi connectivity index (χ0) is 12.4. The first-order chi connectivity index (χ1) is 8.17. The molecular formula is C12H18N4S. The maximum atomic E-state index is 6.06. The van der Waals surface area contributed by atoms with Gasteiger partial charge in [0.25, 0.3) is 0 Å². The molecule has 0 atom stereocenters. The average molecular weight is 250 g/mol. The van der Waals surface area contributed by atoms with Gasteiger partial charge in [-0.15, -0.1) is 21.5 Å². The number of nitrogens with two attached hydrogens (primary N) is 1. The number of aromatic nitrogens is 3. The highest BCUT2D eigenvalue weighted by molar-refractivity contribution is 7.16. The molecular weight excluding hydrogens is 232 g/mol. The first-order valence-electron chi connectivity index (χ1n) is 5.95. The second-order valence-electron chi connectivity index (χ2n) is 4.07. The fourth-order valence-electron chi connectivity index (χ4n) is 1.88. The molecule has 0 saturated carbocycles. The molecule has 2 aromatic rings. The van der Waals surface area contributed by atoms with Gasteiger partial charge in [0.2, 0.25) is 0 Å². The Bertz CT molecular complexity index is 513. The molecule has 0 amide bonds. The van der Waals surface area contributed by atoms with E-state index >= 15 is 0 Å². The molecule has 0 unspecified atom stereocenters. The van der Waals surface area contributed by atoms with Crippen LogP contribution in [-0.4, -0.2) is 14.8 Å². The third kappa shape index (κ3) is 2.20. The lowest BCUT2D eigenvalue weighted by Crippen LogP contribution is -2.02. The zero-order valence-corrected chi connectivity index (χ0v) is 11.3. The number of anilines is 1. The highest BCUT2D eigenvalue weighted by Gasteiger charge is 2.15. The quantitative estimate of drug-likeness (QED) is 0.907. The lowest BCUT2D eigenvalue weighted by atomic mass is 10.2. The maximum Gasteiger partial charge on any atom is 0.166 e. The third-order valence-electron chi connectivity index (χ3n) is 2.78. The first-order valence-corrected chi connectivity index (χ1v) is 6.77. The van der Waals surface area contributed by atoms with Crippen molar-refractivity contribution in [2.24, 2.45) is 0 Å². The van der Waals surface area contributed by atoms with E-state index in [1.807, 2.05) is 6.92 Å². The van der Waals surface area contributed by atoms with Crippen LogP contribution < -0.4 is 5.73 Å². The topological polar surface area (TPSA) is 56.7 Å². The largest absolute Gasteiger partial charge is 0.390 e. The maximum absolute atomic E-state index is 6.06. The Morgan fingerprint density at radius 1 is 1.35 bits per heavy atom. The monoisotopic (exact) mass is 250 g/mol. The predicted octanol–water partition coefficient (Wildman–Crippen LogP) is 2.87. The Morgan fingerprint density at radius 3 is 2.71 bits per heavy atom. The normalized spacial score (nSPS) is 11.0. The molecule has 0 bridgehead atoms. The van der Waals surface area contributed by atoms with E-state index in [0.29, 0.717) is 0 Å². The van der Waals surface area contributed by atoms with Crippen LogP contribution in [0, 0.1) is 6.92 Å². The number of nitrogen functional groups attached to an aromatic ring is 1. The summed E-state index contributed by atoms with van der Waals surface area (Å²) < 4.78 is 2.14. The van der Waals surface area contributed by atoms with E-state index in [1.54, 1.807) is 11.3 Å². The van der Waals surface area contributed by atoms with Crippen LogP contribution in [-0.2, 0) is 13.0 Å². The number of hydrogen-bond donors (Lipinski definition) is 1. The van der Waals surface area contributed by atoms with Gasteiger partial charge in [-0.2, -0.15) is 0 Å². The molecule has 0 aromatic carbocycles. The summed E-state index contributed by atoms with van der Waals surface area (Å²) in [7, 11) is 0. The molecule has 92 valence electrons. The van der Waals surface area contributed by atoms with Gasteiger partial charge in [0.15, 0.2) is 5.82 Å². The van der Waals surface area contributed by atoms with E-state index in [9.17, 15) is 0 Å². The molecule has 5 heteroatoms. The van der Waals surface area contributed by atoms with E-state index in [2.05, 4.69) is 34.7 Å². The summed E-state index contributed by atoms with van der Waals surface area (Å²) in [6, 6.07) is 2.13. The van der Waals surface area contributed by atoms with Crippen LogP contribution in [0.15, 0.2) is 6.07 Å². The first kappa shape index (κ1) is 12.1. The van der Waals surface area contributed by atoms with Crippen LogP contribution in [0.5, 0.6) is 0 Å². The Hall–Kier alpha value is -1.36. The molecule has 17 heavy (non-hydrogen) atoms. The second kappa shape index (κ2) is 4.87. The van der Waals surface area contributed by atoms with Gasteiger partial charge < -0.3 is 10.3 Å². The molecule has 0 saturated heterocycles. The summed E-state index contributed by atoms with van der Waals surface area (Å²) in [5, 5.41) is 9.24. The fourth-order valence-corrected chi connectivity index (χ4v) is 2.74. The highest BCUT2D eigenvalue weighted by Crippen LogP contribution is 2.33. The summed E-state index contributed by atoms with van der Waals surface area (Å²) >= 11 is 1.64. The van der Waals surface area contributed by atoms with Crippen molar-refractivity contribution in [3.8, 4) is 11.4 Å². The van der Waals surface area contributed by atoms with E-state index < -0.39 is 0 Å². The van der Waals surface area contributed by atoms with Crippen molar-refractivity contribution in [1.82, 2.24) is 14.8 Å². The number of aryl methyl sites for hydroxylation is 2. The molecule has 0 fully saturated rings. The Labute approximate surface area is 105 Å². The molecule has 2 rings (SSSR count). The van der Waals surface area contributed by atoms with Gasteiger partial charge in [0, 0.05) is 11.4 Å². The minimum Gasteiger partial charge on any atom is -0.390 e. The van der Waals surface area contributed by atoms with Crippen molar-refractivity contribution in [2.75, 3.05) is 5.73 Å². The molecule has 2 heterocycles. The summed E-state index contributed by atoms with van der Waals surface area (Å²) in [6.07, 6.45) is 2.08. The minimum atomic E-state index is 0.839. The van der Waals surface area contributed by atoms with Gasteiger partial charge in [-0.25, -0.2) is 0 Å². The van der Waals surface area contributed by atoms with Crippen LogP contribution in [0.2, 0.25) is 0 Å². The van der Waals surface area contributed by atoms with Gasteiger partial charge in [0.1, 0.15) is 5.82 Å². The molecule has 0 aliphatic rings. The standard InChI is InChI=1S/C12H18N4S/c1-4-6-16-8(3)14-15-12(16)10-7-9(5-2)17-11(10)13/h7H,4-6,13H2,1-3H3. The number of hydrogen-bond acceptors (Lipinski definition) is 4. The molecule has 2 N–H and O–H groups in total. The molecule has 0 spiro atoms. The minimum absolute atomic E-state index is 0.839. The van der Waals surface area contributed by atoms with Crippen molar-refractivity contribution in [3.05, 3.63) is 16.8 Å². The molecule has 0 aliphatic carbocycles. The molecule has 2 aromatic heterocycles. The van der Waals surface area contributed by atoms with Gasteiger partial charge in [-0.1, -0.05) is 13.8 Å². The van der Waals surface area contributed by atoms with E-state index in [0.717, 1.165) is 41.6 Å². The number of nitrogens with zero attached hydrogens (tertiary/aromatic N) is 3. The Balaban J connectivity index is 2.48. The van der Waals surface area contributed by atoms with Gasteiger partial charge in [-0.05, 0) is 25.8 Å². The highest BCUT2D eigenvalue weighted by atomic mass is 32.1. The van der Waals surface area contributed by atoms with Crippen LogP contribution in [0.4, 0.5) is 5.00 Å². The SMILES string of the molecule is CCCn1c(C)nnc1-c1cc(CC)sc1N. The van der Waals surface area contributed by atoms with Gasteiger partial charge in [-0.3, -0.25) is 0 Å². The van der Waals surface area contributed by atoms with E-state index in [-0.39, 0.29) is 0 Å². The van der Waals surface area contributed by atoms with Crippen molar-refractivity contribution in [2.45, 2.75) is 40.2 Å². The van der Waals surface area contributed by atoms with E-state index in [4.69, 9.17) is 5.73 Å². The Morgan fingerprint density at radius 2 is 2.12 bits per heavy atom. The Kier molecular flexibility index (Phi) is 3.47. The van der Waals surface area contributed by atoms with Crippen molar-refractivity contribution in [1.29, 1.82) is 0 Å². The van der Waals surface area contributed by atoms with Crippen molar-refractivity contribution in [3.63, 3.8) is 0 Å². The third-order valence-corrected chi connectivity index (χ3v) is 3.89. The molecule has 0 radical (unpaired) electrons. The van der Waals surface area contributed by atoms with Crippen LogP contribution in [0.25, 0.3) is 11.4 Å². The van der Waals surface area contributed by atoms with Gasteiger partial charge in [0.05, 0.1) is 10.6 Å². The second-order valence-corrected chi connectivity index (χ2v) is 5.23. The average Bonchev–Trinajstić information content (AvgIpc) is 2.84. The van der Waals surface area contributed by atoms with Crippen LogP contribution in [0.3, 0.4) is 0 Å². The molecule has 0 aliphatic heterocycles.